The topological polar surface area (TPSA) is 12.0 Å². The van der Waals surface area contributed by atoms with Crippen LogP contribution in [0.5, 0.6) is 0 Å². The van der Waals surface area contributed by atoms with E-state index in [-0.39, 0.29) is 0 Å². The van der Waals surface area contributed by atoms with Gasteiger partial charge in [-0.1, -0.05) is 30.3 Å². The number of benzene rings is 1. The van der Waals surface area contributed by atoms with Crippen LogP contribution >= 0.6 is 0 Å². The minimum atomic E-state index is 0.734. The average Bonchev–Trinajstić information content (AvgIpc) is 2.85. The second-order valence-electron chi connectivity index (χ2n) is 3.15. The van der Waals surface area contributed by atoms with Gasteiger partial charge in [0.1, 0.15) is 0 Å². The lowest BCUT2D eigenvalue weighted by Crippen LogP contribution is -2.09. The fraction of sp³-hybridized carbons (Fsp3) is 0.400. The highest BCUT2D eigenvalue weighted by molar-refractivity contribution is 5.27. The molecule has 1 saturated carbocycles. The van der Waals surface area contributed by atoms with Gasteiger partial charge in [-0.15, -0.1) is 0 Å². The van der Waals surface area contributed by atoms with E-state index in [1.54, 1.807) is 0 Å². The Labute approximate surface area is 67.4 Å². The van der Waals surface area contributed by atoms with Gasteiger partial charge in [-0.2, -0.15) is 0 Å². The molecule has 1 unspecified atom stereocenters. The van der Waals surface area contributed by atoms with E-state index in [1.165, 1.54) is 12.0 Å². The molecule has 58 valence electrons. The third-order valence-corrected chi connectivity index (χ3v) is 2.39. The molecule has 0 saturated heterocycles. The molecule has 1 aliphatic carbocycles. The Bertz CT molecular complexity index is 230. The van der Waals surface area contributed by atoms with Gasteiger partial charge in [-0.25, -0.2) is 0 Å². The van der Waals surface area contributed by atoms with Crippen LogP contribution < -0.4 is 5.32 Å². The predicted molar refractivity (Wildman–Crippen MR) is 46.6 cm³/mol. The van der Waals surface area contributed by atoms with Crippen molar-refractivity contribution in [1.82, 2.24) is 5.32 Å². The van der Waals surface area contributed by atoms with E-state index in [1.807, 2.05) is 7.05 Å². The van der Waals surface area contributed by atoms with Crippen LogP contribution in [0.4, 0.5) is 0 Å². The first-order valence-corrected chi connectivity index (χ1v) is 4.14. The summed E-state index contributed by atoms with van der Waals surface area (Å²) in [5.74, 6) is 0.779. The van der Waals surface area contributed by atoms with Crippen LogP contribution in [0, 0.1) is 0 Å². The Hall–Kier alpha value is -0.820. The molecule has 1 aromatic rings. The molecule has 0 aliphatic heterocycles. The second kappa shape index (κ2) is 2.67. The standard InChI is InChI=1S/C10H13N/c1-11-10-7-9(10)8-5-3-2-4-6-8/h2-6,9-11H,7H2,1H3/t9?,10-/m0/s1. The molecule has 1 heteroatoms. The third kappa shape index (κ3) is 1.29. The van der Waals surface area contributed by atoms with E-state index < -0.39 is 0 Å². The van der Waals surface area contributed by atoms with E-state index in [0.29, 0.717) is 0 Å². The molecule has 0 heterocycles. The smallest absolute Gasteiger partial charge is 0.0140 e. The van der Waals surface area contributed by atoms with E-state index >= 15 is 0 Å². The van der Waals surface area contributed by atoms with Gasteiger partial charge in [-0.3, -0.25) is 0 Å². The first kappa shape index (κ1) is 6.86. The lowest BCUT2D eigenvalue weighted by molar-refractivity contribution is 0.783. The quantitative estimate of drug-likeness (QED) is 0.672. The molecular weight excluding hydrogens is 134 g/mol. The van der Waals surface area contributed by atoms with Crippen molar-refractivity contribution in [3.63, 3.8) is 0 Å². The molecule has 2 rings (SSSR count). The Balaban J connectivity index is 2.09. The van der Waals surface area contributed by atoms with Gasteiger partial charge in [0.15, 0.2) is 0 Å². The number of nitrogens with one attached hydrogen (secondary N) is 1. The minimum absolute atomic E-state index is 0.734. The largest absolute Gasteiger partial charge is 0.316 e. The molecule has 1 nitrogen and oxygen atoms in total. The Morgan fingerprint density at radius 2 is 2.00 bits per heavy atom. The Kier molecular flexibility index (Phi) is 1.66. The van der Waals surface area contributed by atoms with Gasteiger partial charge >= 0.3 is 0 Å². The molecule has 0 aromatic heterocycles. The van der Waals surface area contributed by atoms with Gasteiger partial charge < -0.3 is 5.32 Å². The molecule has 0 spiro atoms. The van der Waals surface area contributed by atoms with Crippen LogP contribution in [0.2, 0.25) is 0 Å². The monoisotopic (exact) mass is 147 g/mol. The molecule has 11 heavy (non-hydrogen) atoms. The maximum Gasteiger partial charge on any atom is 0.0140 e. The van der Waals surface area contributed by atoms with Crippen LogP contribution in [-0.2, 0) is 0 Å². The maximum absolute atomic E-state index is 3.29. The van der Waals surface area contributed by atoms with Crippen molar-refractivity contribution in [2.75, 3.05) is 7.05 Å². The first-order valence-electron chi connectivity index (χ1n) is 4.14. The van der Waals surface area contributed by atoms with Crippen LogP contribution in [0.15, 0.2) is 30.3 Å². The zero-order valence-corrected chi connectivity index (χ0v) is 6.75. The number of hydrogen-bond donors (Lipinski definition) is 1. The first-order chi connectivity index (χ1) is 5.42. The highest BCUT2D eigenvalue weighted by atomic mass is 14.9. The molecule has 0 amide bonds. The molecule has 1 aliphatic rings. The van der Waals surface area contributed by atoms with E-state index in [2.05, 4.69) is 35.6 Å². The number of likely N-dealkylation sites (N-methyl/N-ethyl adjacent to an activating group) is 1. The van der Waals surface area contributed by atoms with Crippen molar-refractivity contribution in [1.29, 1.82) is 0 Å². The number of hydrogen-bond acceptors (Lipinski definition) is 1. The zero-order valence-electron chi connectivity index (χ0n) is 6.75. The van der Waals surface area contributed by atoms with Crippen molar-refractivity contribution < 1.29 is 0 Å². The fourth-order valence-electron chi connectivity index (χ4n) is 1.58. The van der Waals surface area contributed by atoms with Gasteiger partial charge in [0, 0.05) is 12.0 Å². The molecule has 0 bridgehead atoms. The van der Waals surface area contributed by atoms with Crippen molar-refractivity contribution in [2.45, 2.75) is 18.4 Å². The fourth-order valence-corrected chi connectivity index (χ4v) is 1.58. The van der Waals surface area contributed by atoms with Crippen LogP contribution in [0.1, 0.15) is 17.9 Å². The second-order valence-corrected chi connectivity index (χ2v) is 3.15. The SMILES string of the molecule is CN[C@H]1CC1c1ccccc1. The summed E-state index contributed by atoms with van der Waals surface area (Å²) in [4.78, 5) is 0. The summed E-state index contributed by atoms with van der Waals surface area (Å²) in [5, 5.41) is 3.29. The van der Waals surface area contributed by atoms with Gasteiger partial charge in [0.2, 0.25) is 0 Å². The lowest BCUT2D eigenvalue weighted by Gasteiger charge is -1.97. The van der Waals surface area contributed by atoms with Crippen molar-refractivity contribution in [3.05, 3.63) is 35.9 Å². The van der Waals surface area contributed by atoms with Crippen molar-refractivity contribution in [2.24, 2.45) is 0 Å². The molecule has 2 atom stereocenters. The summed E-state index contributed by atoms with van der Waals surface area (Å²) < 4.78 is 0. The number of rotatable bonds is 2. The summed E-state index contributed by atoms with van der Waals surface area (Å²) in [6, 6.07) is 11.4. The lowest BCUT2D eigenvalue weighted by atomic mass is 10.1. The van der Waals surface area contributed by atoms with E-state index in [4.69, 9.17) is 0 Å². The van der Waals surface area contributed by atoms with Crippen LogP contribution in [0.3, 0.4) is 0 Å². The predicted octanol–water partition coefficient (Wildman–Crippen LogP) is 1.76. The normalized spacial score (nSPS) is 28.5. The summed E-state index contributed by atoms with van der Waals surface area (Å²) >= 11 is 0. The molecule has 1 N–H and O–H groups in total. The molecule has 1 fully saturated rings. The Morgan fingerprint density at radius 3 is 2.55 bits per heavy atom. The summed E-state index contributed by atoms with van der Waals surface area (Å²) in [6.45, 7) is 0. The third-order valence-electron chi connectivity index (χ3n) is 2.39. The average molecular weight is 147 g/mol. The zero-order chi connectivity index (χ0) is 7.68. The van der Waals surface area contributed by atoms with E-state index in [0.717, 1.165) is 12.0 Å². The molecular formula is C10H13N. The summed E-state index contributed by atoms with van der Waals surface area (Å²) in [6.07, 6.45) is 1.31. The van der Waals surface area contributed by atoms with E-state index in [9.17, 15) is 0 Å². The molecule has 0 radical (unpaired) electrons. The van der Waals surface area contributed by atoms with Gasteiger partial charge in [0.25, 0.3) is 0 Å². The van der Waals surface area contributed by atoms with Crippen LogP contribution in [0.25, 0.3) is 0 Å². The van der Waals surface area contributed by atoms with Crippen molar-refractivity contribution in [3.8, 4) is 0 Å². The molecule has 1 aromatic carbocycles. The Morgan fingerprint density at radius 1 is 1.27 bits per heavy atom. The van der Waals surface area contributed by atoms with Crippen LogP contribution in [-0.4, -0.2) is 13.1 Å². The van der Waals surface area contributed by atoms with Gasteiger partial charge in [0.05, 0.1) is 0 Å². The highest BCUT2D eigenvalue weighted by Gasteiger charge is 2.36. The van der Waals surface area contributed by atoms with Crippen molar-refractivity contribution >= 4 is 0 Å². The maximum atomic E-state index is 3.29. The minimum Gasteiger partial charge on any atom is -0.316 e. The highest BCUT2D eigenvalue weighted by Crippen LogP contribution is 2.39. The van der Waals surface area contributed by atoms with Gasteiger partial charge in [-0.05, 0) is 19.0 Å². The summed E-state index contributed by atoms with van der Waals surface area (Å²) in [7, 11) is 2.04. The summed E-state index contributed by atoms with van der Waals surface area (Å²) in [5.41, 5.74) is 1.48.